The summed E-state index contributed by atoms with van der Waals surface area (Å²) in [6.07, 6.45) is 0.312. The van der Waals surface area contributed by atoms with E-state index >= 15 is 0 Å². The topological polar surface area (TPSA) is 12.0 Å². The van der Waals surface area contributed by atoms with Crippen LogP contribution in [0.4, 0.5) is 13.2 Å². The quantitative estimate of drug-likeness (QED) is 0.847. The van der Waals surface area contributed by atoms with Crippen LogP contribution in [-0.4, -0.2) is 6.54 Å². The van der Waals surface area contributed by atoms with Crippen molar-refractivity contribution in [1.29, 1.82) is 0 Å². The predicted octanol–water partition coefficient (Wildman–Crippen LogP) is 4.65. The Labute approximate surface area is 126 Å². The smallest absolute Gasteiger partial charge is 0.142 e. The number of hydrogen-bond donors (Lipinski definition) is 1. The molecule has 0 heterocycles. The highest BCUT2D eigenvalue weighted by Gasteiger charge is 2.18. The van der Waals surface area contributed by atoms with Crippen molar-refractivity contribution >= 4 is 11.6 Å². The van der Waals surface area contributed by atoms with Gasteiger partial charge in [0.2, 0.25) is 0 Å². The lowest BCUT2D eigenvalue weighted by Gasteiger charge is -2.20. The maximum atomic E-state index is 13.9. The van der Waals surface area contributed by atoms with Gasteiger partial charge in [-0.3, -0.25) is 0 Å². The van der Waals surface area contributed by atoms with Crippen LogP contribution in [0.15, 0.2) is 36.4 Å². The molecule has 0 fully saturated rings. The first kappa shape index (κ1) is 15.9. The van der Waals surface area contributed by atoms with Gasteiger partial charge in [0.15, 0.2) is 0 Å². The maximum Gasteiger partial charge on any atom is 0.142 e. The fraction of sp³-hybridized carbons (Fsp3) is 0.250. The van der Waals surface area contributed by atoms with Gasteiger partial charge >= 0.3 is 0 Å². The molecule has 112 valence electrons. The van der Waals surface area contributed by atoms with Crippen molar-refractivity contribution in [3.8, 4) is 0 Å². The van der Waals surface area contributed by atoms with Crippen molar-refractivity contribution in [2.24, 2.45) is 0 Å². The highest BCUT2D eigenvalue weighted by atomic mass is 35.5. The van der Waals surface area contributed by atoms with Crippen LogP contribution in [-0.2, 0) is 6.42 Å². The van der Waals surface area contributed by atoms with E-state index in [9.17, 15) is 13.2 Å². The Hall–Kier alpha value is -1.52. The van der Waals surface area contributed by atoms with Crippen molar-refractivity contribution in [1.82, 2.24) is 5.32 Å². The number of benzene rings is 2. The molecule has 0 saturated carbocycles. The van der Waals surface area contributed by atoms with Gasteiger partial charge in [-0.2, -0.15) is 0 Å². The number of likely N-dealkylation sites (N-methyl/N-ethyl adjacent to an activating group) is 1. The maximum absolute atomic E-state index is 13.9. The minimum Gasteiger partial charge on any atom is -0.310 e. The van der Waals surface area contributed by atoms with Gasteiger partial charge in [-0.05, 0) is 30.7 Å². The number of hydrogen-bond acceptors (Lipinski definition) is 1. The highest BCUT2D eigenvalue weighted by Crippen LogP contribution is 2.27. The van der Waals surface area contributed by atoms with Crippen LogP contribution in [0.3, 0.4) is 0 Å². The van der Waals surface area contributed by atoms with Crippen LogP contribution in [0.5, 0.6) is 0 Å². The first-order valence-corrected chi connectivity index (χ1v) is 7.02. The van der Waals surface area contributed by atoms with Crippen LogP contribution in [0.25, 0.3) is 0 Å². The molecule has 0 aliphatic heterocycles. The summed E-state index contributed by atoms with van der Waals surface area (Å²) in [7, 11) is 0. The largest absolute Gasteiger partial charge is 0.310 e. The molecular formula is C16H15ClF3N. The molecule has 2 aromatic rings. The van der Waals surface area contributed by atoms with E-state index in [0.29, 0.717) is 24.1 Å². The average molecular weight is 314 g/mol. The number of halogens is 4. The molecule has 0 aliphatic rings. The summed E-state index contributed by atoms with van der Waals surface area (Å²) in [4.78, 5) is 0. The van der Waals surface area contributed by atoms with Gasteiger partial charge in [-0.1, -0.05) is 36.7 Å². The molecule has 1 unspecified atom stereocenters. The van der Waals surface area contributed by atoms with Crippen LogP contribution >= 0.6 is 11.6 Å². The first-order chi connectivity index (χ1) is 10.0. The molecule has 2 aromatic carbocycles. The summed E-state index contributed by atoms with van der Waals surface area (Å²) in [5.41, 5.74) is 0.907. The molecule has 0 amide bonds. The molecule has 0 aliphatic carbocycles. The predicted molar refractivity (Wildman–Crippen MR) is 77.9 cm³/mol. The fourth-order valence-corrected chi connectivity index (χ4v) is 2.45. The molecular weight excluding hydrogens is 299 g/mol. The molecule has 0 saturated heterocycles. The second kappa shape index (κ2) is 6.96. The van der Waals surface area contributed by atoms with Crippen molar-refractivity contribution in [3.05, 3.63) is 70.0 Å². The van der Waals surface area contributed by atoms with Gasteiger partial charge in [0.1, 0.15) is 17.5 Å². The number of nitrogens with one attached hydrogen (secondary N) is 1. The summed E-state index contributed by atoms with van der Waals surface area (Å²) in [6.45, 7) is 2.47. The Morgan fingerprint density at radius 1 is 1.10 bits per heavy atom. The Morgan fingerprint density at radius 2 is 1.86 bits per heavy atom. The molecule has 0 aromatic heterocycles. The van der Waals surface area contributed by atoms with Crippen molar-refractivity contribution in [2.45, 2.75) is 19.4 Å². The first-order valence-electron chi connectivity index (χ1n) is 6.64. The van der Waals surface area contributed by atoms with Gasteiger partial charge in [-0.25, -0.2) is 13.2 Å². The molecule has 0 spiro atoms. The summed E-state index contributed by atoms with van der Waals surface area (Å²) in [6, 6.07) is 7.55. The molecule has 21 heavy (non-hydrogen) atoms. The standard InChI is InChI=1S/C16H15ClF3N/c1-2-21-15(12-7-6-11(18)9-14(12)20)8-10-4-3-5-13(19)16(10)17/h3-7,9,15,21H,2,8H2,1H3. The van der Waals surface area contributed by atoms with E-state index in [1.807, 2.05) is 6.92 Å². The number of rotatable bonds is 5. The van der Waals surface area contributed by atoms with E-state index in [0.717, 1.165) is 6.07 Å². The summed E-state index contributed by atoms with van der Waals surface area (Å²) < 4.78 is 40.4. The molecule has 5 heteroatoms. The highest BCUT2D eigenvalue weighted by molar-refractivity contribution is 6.31. The normalized spacial score (nSPS) is 12.4. The molecule has 2 rings (SSSR count). The lowest BCUT2D eigenvalue weighted by molar-refractivity contribution is 0.501. The third-order valence-corrected chi connectivity index (χ3v) is 3.67. The SMILES string of the molecule is CCNC(Cc1cccc(F)c1Cl)c1ccc(F)cc1F. The van der Waals surface area contributed by atoms with Gasteiger partial charge in [0, 0.05) is 17.7 Å². The fourth-order valence-electron chi connectivity index (χ4n) is 2.25. The third kappa shape index (κ3) is 3.77. The Balaban J connectivity index is 2.33. The Bertz CT molecular complexity index is 631. The lowest BCUT2D eigenvalue weighted by atomic mass is 9.98. The molecule has 1 nitrogen and oxygen atoms in total. The third-order valence-electron chi connectivity index (χ3n) is 3.24. The van der Waals surface area contributed by atoms with Crippen molar-refractivity contribution < 1.29 is 13.2 Å². The molecule has 1 N–H and O–H groups in total. The van der Waals surface area contributed by atoms with Crippen LogP contribution in [0.1, 0.15) is 24.1 Å². The summed E-state index contributed by atoms with van der Waals surface area (Å²) >= 11 is 5.93. The second-order valence-electron chi connectivity index (χ2n) is 4.69. The minimum atomic E-state index is -0.631. The van der Waals surface area contributed by atoms with E-state index in [4.69, 9.17) is 11.6 Å². The van der Waals surface area contributed by atoms with Crippen LogP contribution in [0, 0.1) is 17.5 Å². The van der Waals surface area contributed by atoms with Gasteiger partial charge in [0.05, 0.1) is 5.02 Å². The monoisotopic (exact) mass is 313 g/mol. The molecule has 0 bridgehead atoms. The van der Waals surface area contributed by atoms with Crippen molar-refractivity contribution in [3.63, 3.8) is 0 Å². The van der Waals surface area contributed by atoms with Crippen LogP contribution in [0.2, 0.25) is 5.02 Å². The van der Waals surface area contributed by atoms with Gasteiger partial charge in [0.25, 0.3) is 0 Å². The second-order valence-corrected chi connectivity index (χ2v) is 5.07. The van der Waals surface area contributed by atoms with Gasteiger partial charge < -0.3 is 5.32 Å². The van der Waals surface area contributed by atoms with Crippen LogP contribution < -0.4 is 5.32 Å². The zero-order valence-corrected chi connectivity index (χ0v) is 12.2. The van der Waals surface area contributed by atoms with E-state index < -0.39 is 23.5 Å². The van der Waals surface area contributed by atoms with E-state index in [1.165, 1.54) is 18.2 Å². The van der Waals surface area contributed by atoms with E-state index in [-0.39, 0.29) is 5.02 Å². The summed E-state index contributed by atoms with van der Waals surface area (Å²) in [5, 5.41) is 3.14. The Morgan fingerprint density at radius 3 is 2.52 bits per heavy atom. The van der Waals surface area contributed by atoms with E-state index in [1.54, 1.807) is 12.1 Å². The zero-order chi connectivity index (χ0) is 15.4. The van der Waals surface area contributed by atoms with Crippen molar-refractivity contribution in [2.75, 3.05) is 6.54 Å². The minimum absolute atomic E-state index is 0.0305. The Kier molecular flexibility index (Phi) is 5.26. The zero-order valence-electron chi connectivity index (χ0n) is 11.5. The van der Waals surface area contributed by atoms with E-state index in [2.05, 4.69) is 5.32 Å². The summed E-state index contributed by atoms with van der Waals surface area (Å²) in [5.74, 6) is -1.77. The lowest BCUT2D eigenvalue weighted by Crippen LogP contribution is -2.24. The average Bonchev–Trinajstić information content (AvgIpc) is 2.43. The molecule has 0 radical (unpaired) electrons. The van der Waals surface area contributed by atoms with Gasteiger partial charge in [-0.15, -0.1) is 0 Å². The molecule has 1 atom stereocenters.